The molecule has 0 aliphatic heterocycles. The second-order valence-electron chi connectivity index (χ2n) is 5.39. The van der Waals surface area contributed by atoms with E-state index in [9.17, 15) is 4.79 Å². The summed E-state index contributed by atoms with van der Waals surface area (Å²) in [6, 6.07) is 0. The molecule has 0 bridgehead atoms. The Kier molecular flexibility index (Phi) is 4.33. The molecule has 0 aromatic heterocycles. The van der Waals surface area contributed by atoms with Gasteiger partial charge in [-0.25, -0.2) is 0 Å². The number of hydrogen-bond donors (Lipinski definition) is 1. The molecule has 1 fully saturated rings. The first-order chi connectivity index (χ1) is 7.36. The van der Waals surface area contributed by atoms with E-state index in [1.54, 1.807) is 6.92 Å². The zero-order chi connectivity index (χ0) is 12.3. The van der Waals surface area contributed by atoms with Crippen molar-refractivity contribution in [3.05, 3.63) is 0 Å². The summed E-state index contributed by atoms with van der Waals surface area (Å²) in [7, 11) is 3.46. The molecule has 0 saturated heterocycles. The lowest BCUT2D eigenvalue weighted by atomic mass is 9.99. The van der Waals surface area contributed by atoms with Gasteiger partial charge in [0.15, 0.2) is 0 Å². The third kappa shape index (κ3) is 3.76. The van der Waals surface area contributed by atoms with Gasteiger partial charge in [-0.05, 0) is 38.6 Å². The molecule has 4 nitrogen and oxygen atoms in total. The Morgan fingerprint density at radius 2 is 2.19 bits per heavy atom. The molecule has 0 amide bonds. The van der Waals surface area contributed by atoms with E-state index in [4.69, 9.17) is 5.73 Å². The molecular formula is C12H24N2O2. The number of nitrogens with two attached hydrogens (primary N) is 1. The lowest BCUT2D eigenvalue weighted by Gasteiger charge is -2.25. The number of rotatable bonds is 6. The van der Waals surface area contributed by atoms with Gasteiger partial charge in [-0.1, -0.05) is 6.92 Å². The van der Waals surface area contributed by atoms with E-state index < -0.39 is 5.54 Å². The Balaban J connectivity index is 2.24. The van der Waals surface area contributed by atoms with Gasteiger partial charge in [-0.15, -0.1) is 0 Å². The fourth-order valence-corrected chi connectivity index (χ4v) is 1.90. The molecule has 1 saturated carbocycles. The summed E-state index contributed by atoms with van der Waals surface area (Å²) in [6.45, 7) is 5.95. The van der Waals surface area contributed by atoms with E-state index in [0.717, 1.165) is 24.9 Å². The Bertz CT molecular complexity index is 253. The Morgan fingerprint density at radius 3 is 2.62 bits per heavy atom. The molecule has 1 aliphatic rings. The molecule has 3 unspecified atom stereocenters. The Labute approximate surface area is 98.1 Å². The summed E-state index contributed by atoms with van der Waals surface area (Å²) in [5.74, 6) is 1.38. The predicted molar refractivity (Wildman–Crippen MR) is 64.0 cm³/mol. The van der Waals surface area contributed by atoms with Crippen LogP contribution in [0, 0.1) is 11.8 Å². The van der Waals surface area contributed by atoms with Crippen LogP contribution < -0.4 is 5.73 Å². The van der Waals surface area contributed by atoms with E-state index in [1.807, 2.05) is 0 Å². The van der Waals surface area contributed by atoms with Crippen molar-refractivity contribution in [2.45, 2.75) is 32.2 Å². The number of ether oxygens (including phenoxy) is 1. The van der Waals surface area contributed by atoms with E-state index in [1.165, 1.54) is 13.5 Å². The lowest BCUT2D eigenvalue weighted by Crippen LogP contribution is -2.47. The molecular weight excluding hydrogens is 204 g/mol. The van der Waals surface area contributed by atoms with Gasteiger partial charge in [0.2, 0.25) is 0 Å². The van der Waals surface area contributed by atoms with Crippen LogP contribution in [0.5, 0.6) is 0 Å². The molecule has 0 aromatic rings. The van der Waals surface area contributed by atoms with Gasteiger partial charge in [-0.3, -0.25) is 4.79 Å². The van der Waals surface area contributed by atoms with Gasteiger partial charge in [0, 0.05) is 13.1 Å². The number of carbonyl (C=O) groups excluding carboxylic acids is 1. The number of nitrogens with zero attached hydrogens (tertiary/aromatic N) is 1. The highest BCUT2D eigenvalue weighted by Crippen LogP contribution is 2.37. The zero-order valence-electron chi connectivity index (χ0n) is 10.8. The molecule has 0 aromatic carbocycles. The summed E-state index contributed by atoms with van der Waals surface area (Å²) in [6.07, 6.45) is 1.97. The maximum atomic E-state index is 11.4. The van der Waals surface area contributed by atoms with Crippen molar-refractivity contribution in [2.75, 3.05) is 27.2 Å². The Morgan fingerprint density at radius 1 is 1.62 bits per heavy atom. The SMILES string of the molecule is COC(=O)C(C)(N)CCN(C)CC1CC1C. The van der Waals surface area contributed by atoms with Crippen LogP contribution in [-0.2, 0) is 9.53 Å². The van der Waals surface area contributed by atoms with Crippen LogP contribution >= 0.6 is 0 Å². The average Bonchev–Trinajstić information content (AvgIpc) is 2.90. The molecule has 94 valence electrons. The van der Waals surface area contributed by atoms with Crippen LogP contribution in [-0.4, -0.2) is 43.7 Å². The summed E-state index contributed by atoms with van der Waals surface area (Å²) < 4.78 is 4.68. The highest BCUT2D eigenvalue weighted by Gasteiger charge is 2.34. The van der Waals surface area contributed by atoms with Crippen LogP contribution in [0.25, 0.3) is 0 Å². The Hall–Kier alpha value is -0.610. The second-order valence-corrected chi connectivity index (χ2v) is 5.39. The van der Waals surface area contributed by atoms with Crippen molar-refractivity contribution in [2.24, 2.45) is 17.6 Å². The minimum absolute atomic E-state index is 0.333. The number of hydrogen-bond acceptors (Lipinski definition) is 4. The van der Waals surface area contributed by atoms with Gasteiger partial charge in [0.05, 0.1) is 7.11 Å². The van der Waals surface area contributed by atoms with E-state index in [2.05, 4.69) is 23.6 Å². The standard InChI is InChI=1S/C12H24N2O2/c1-9-7-10(9)8-14(3)6-5-12(2,13)11(15)16-4/h9-10H,5-8,13H2,1-4H3. The topological polar surface area (TPSA) is 55.6 Å². The molecule has 3 atom stereocenters. The predicted octanol–water partition coefficient (Wildman–Crippen LogP) is 0.855. The molecule has 0 spiro atoms. The maximum Gasteiger partial charge on any atom is 0.325 e. The fourth-order valence-electron chi connectivity index (χ4n) is 1.90. The van der Waals surface area contributed by atoms with Gasteiger partial charge in [0.25, 0.3) is 0 Å². The molecule has 1 aliphatic carbocycles. The largest absolute Gasteiger partial charge is 0.468 e. The molecule has 0 radical (unpaired) electrons. The smallest absolute Gasteiger partial charge is 0.325 e. The summed E-state index contributed by atoms with van der Waals surface area (Å²) in [5, 5.41) is 0. The molecule has 2 N–H and O–H groups in total. The van der Waals surface area contributed by atoms with Gasteiger partial charge in [-0.2, -0.15) is 0 Å². The fraction of sp³-hybridized carbons (Fsp3) is 0.917. The van der Waals surface area contributed by atoms with Crippen LogP contribution in [0.2, 0.25) is 0 Å². The molecule has 0 heterocycles. The number of esters is 1. The van der Waals surface area contributed by atoms with Crippen LogP contribution in [0.4, 0.5) is 0 Å². The first-order valence-electron chi connectivity index (χ1n) is 5.92. The quantitative estimate of drug-likeness (QED) is 0.685. The van der Waals surface area contributed by atoms with Gasteiger partial charge < -0.3 is 15.4 Å². The lowest BCUT2D eigenvalue weighted by molar-refractivity contribution is -0.146. The first-order valence-corrected chi connectivity index (χ1v) is 5.92. The minimum atomic E-state index is -0.863. The van der Waals surface area contributed by atoms with E-state index in [-0.39, 0.29) is 5.97 Å². The molecule has 1 rings (SSSR count). The van der Waals surface area contributed by atoms with Crippen molar-refractivity contribution in [1.82, 2.24) is 4.90 Å². The van der Waals surface area contributed by atoms with E-state index >= 15 is 0 Å². The average molecular weight is 228 g/mol. The third-order valence-corrected chi connectivity index (χ3v) is 3.49. The van der Waals surface area contributed by atoms with Gasteiger partial charge in [0.1, 0.15) is 5.54 Å². The second kappa shape index (κ2) is 5.15. The summed E-state index contributed by atoms with van der Waals surface area (Å²) in [5.41, 5.74) is 5.03. The van der Waals surface area contributed by atoms with Crippen molar-refractivity contribution >= 4 is 5.97 Å². The zero-order valence-corrected chi connectivity index (χ0v) is 10.8. The van der Waals surface area contributed by atoms with Crippen LogP contribution in [0.3, 0.4) is 0 Å². The van der Waals surface area contributed by atoms with Gasteiger partial charge >= 0.3 is 5.97 Å². The van der Waals surface area contributed by atoms with Crippen molar-refractivity contribution in [1.29, 1.82) is 0 Å². The van der Waals surface area contributed by atoms with E-state index in [0.29, 0.717) is 6.42 Å². The summed E-state index contributed by atoms with van der Waals surface area (Å²) >= 11 is 0. The number of carbonyl (C=O) groups is 1. The van der Waals surface area contributed by atoms with Crippen molar-refractivity contribution < 1.29 is 9.53 Å². The first kappa shape index (κ1) is 13.5. The third-order valence-electron chi connectivity index (χ3n) is 3.49. The monoisotopic (exact) mass is 228 g/mol. The maximum absolute atomic E-state index is 11.4. The molecule has 4 heteroatoms. The molecule has 16 heavy (non-hydrogen) atoms. The summed E-state index contributed by atoms with van der Waals surface area (Å²) in [4.78, 5) is 13.6. The van der Waals surface area contributed by atoms with Crippen LogP contribution in [0.15, 0.2) is 0 Å². The van der Waals surface area contributed by atoms with Crippen molar-refractivity contribution in [3.8, 4) is 0 Å². The normalized spacial score (nSPS) is 27.6. The van der Waals surface area contributed by atoms with Crippen LogP contribution in [0.1, 0.15) is 26.7 Å². The number of methoxy groups -OCH3 is 1. The minimum Gasteiger partial charge on any atom is -0.468 e. The highest BCUT2D eigenvalue weighted by molar-refractivity contribution is 5.79. The highest BCUT2D eigenvalue weighted by atomic mass is 16.5. The van der Waals surface area contributed by atoms with Crippen molar-refractivity contribution in [3.63, 3.8) is 0 Å².